The SMILES string of the molecule is COc1cc(Br)ccc1C(=O)NC1CCCC1CN.Cl. The van der Waals surface area contributed by atoms with Crippen LogP contribution in [0.5, 0.6) is 5.75 Å². The smallest absolute Gasteiger partial charge is 0.255 e. The molecule has 0 radical (unpaired) electrons. The molecule has 6 heteroatoms. The van der Waals surface area contributed by atoms with E-state index in [1.807, 2.05) is 6.07 Å². The highest BCUT2D eigenvalue weighted by atomic mass is 79.9. The van der Waals surface area contributed by atoms with Crippen LogP contribution < -0.4 is 15.8 Å². The second-order valence-corrected chi connectivity index (χ2v) is 5.77. The lowest BCUT2D eigenvalue weighted by molar-refractivity contribution is 0.0925. The predicted octanol–water partition coefficient (Wildman–Crippen LogP) is 2.74. The lowest BCUT2D eigenvalue weighted by Crippen LogP contribution is -2.39. The third kappa shape index (κ3) is 3.87. The Labute approximate surface area is 134 Å². The number of halogens is 2. The van der Waals surface area contributed by atoms with Crippen LogP contribution in [-0.2, 0) is 0 Å². The Morgan fingerprint density at radius 1 is 1.50 bits per heavy atom. The maximum Gasteiger partial charge on any atom is 0.255 e. The molecular weight excluding hydrogens is 344 g/mol. The van der Waals surface area contributed by atoms with Crippen molar-refractivity contribution < 1.29 is 9.53 Å². The van der Waals surface area contributed by atoms with Crippen LogP contribution in [0.25, 0.3) is 0 Å². The van der Waals surface area contributed by atoms with Crippen molar-refractivity contribution >= 4 is 34.2 Å². The van der Waals surface area contributed by atoms with Gasteiger partial charge in [-0.2, -0.15) is 0 Å². The fourth-order valence-corrected chi connectivity index (χ4v) is 2.95. The Bertz CT molecular complexity index is 470. The molecule has 0 aliphatic heterocycles. The minimum atomic E-state index is -0.0882. The van der Waals surface area contributed by atoms with Crippen molar-refractivity contribution in [1.29, 1.82) is 0 Å². The summed E-state index contributed by atoms with van der Waals surface area (Å²) < 4.78 is 6.14. The number of nitrogens with one attached hydrogen (secondary N) is 1. The second-order valence-electron chi connectivity index (χ2n) is 4.85. The maximum atomic E-state index is 12.3. The number of amides is 1. The molecule has 4 nitrogen and oxygen atoms in total. The van der Waals surface area contributed by atoms with Crippen molar-refractivity contribution in [2.75, 3.05) is 13.7 Å². The van der Waals surface area contributed by atoms with E-state index >= 15 is 0 Å². The van der Waals surface area contributed by atoms with Crippen molar-refractivity contribution in [3.05, 3.63) is 28.2 Å². The molecule has 112 valence electrons. The fourth-order valence-electron chi connectivity index (χ4n) is 2.61. The van der Waals surface area contributed by atoms with E-state index in [0.29, 0.717) is 23.8 Å². The van der Waals surface area contributed by atoms with Crippen molar-refractivity contribution in [3.63, 3.8) is 0 Å². The molecule has 0 saturated heterocycles. The van der Waals surface area contributed by atoms with Gasteiger partial charge in [0.1, 0.15) is 5.75 Å². The summed E-state index contributed by atoms with van der Waals surface area (Å²) in [6.07, 6.45) is 3.23. The van der Waals surface area contributed by atoms with E-state index in [0.717, 1.165) is 23.7 Å². The Morgan fingerprint density at radius 2 is 2.25 bits per heavy atom. The number of benzene rings is 1. The molecular formula is C14H20BrClN2O2. The zero-order valence-electron chi connectivity index (χ0n) is 11.4. The van der Waals surface area contributed by atoms with E-state index in [9.17, 15) is 4.79 Å². The van der Waals surface area contributed by atoms with E-state index in [2.05, 4.69) is 21.2 Å². The Hall–Kier alpha value is -0.780. The summed E-state index contributed by atoms with van der Waals surface area (Å²) in [6, 6.07) is 5.59. The third-order valence-corrected chi connectivity index (χ3v) is 4.18. The van der Waals surface area contributed by atoms with Crippen LogP contribution in [0.3, 0.4) is 0 Å². The summed E-state index contributed by atoms with van der Waals surface area (Å²) in [5.41, 5.74) is 6.30. The summed E-state index contributed by atoms with van der Waals surface area (Å²) in [7, 11) is 1.57. The molecule has 1 aliphatic rings. The van der Waals surface area contributed by atoms with Gasteiger partial charge in [-0.3, -0.25) is 4.79 Å². The molecule has 1 aliphatic carbocycles. The molecule has 2 rings (SSSR count). The summed E-state index contributed by atoms with van der Waals surface area (Å²) in [4.78, 5) is 12.3. The zero-order valence-corrected chi connectivity index (χ0v) is 13.8. The fraction of sp³-hybridized carbons (Fsp3) is 0.500. The molecule has 1 amide bonds. The summed E-state index contributed by atoms with van der Waals surface area (Å²) in [5, 5.41) is 3.08. The quantitative estimate of drug-likeness (QED) is 0.864. The average Bonchev–Trinajstić information content (AvgIpc) is 2.85. The van der Waals surface area contributed by atoms with Crippen molar-refractivity contribution in [2.24, 2.45) is 11.7 Å². The highest BCUT2D eigenvalue weighted by Gasteiger charge is 2.28. The van der Waals surface area contributed by atoms with Gasteiger partial charge < -0.3 is 15.8 Å². The van der Waals surface area contributed by atoms with E-state index in [1.54, 1.807) is 19.2 Å². The number of methoxy groups -OCH3 is 1. The van der Waals surface area contributed by atoms with E-state index in [-0.39, 0.29) is 24.4 Å². The number of carbonyl (C=O) groups excluding carboxylic acids is 1. The number of ether oxygens (including phenoxy) is 1. The molecule has 1 aromatic carbocycles. The normalized spacial score (nSPS) is 21.1. The van der Waals surface area contributed by atoms with Crippen LogP contribution in [0.4, 0.5) is 0 Å². The van der Waals surface area contributed by atoms with Gasteiger partial charge in [-0.05, 0) is 43.5 Å². The number of hydrogen-bond acceptors (Lipinski definition) is 3. The largest absolute Gasteiger partial charge is 0.496 e. The number of carbonyl (C=O) groups is 1. The molecule has 2 atom stereocenters. The first-order valence-electron chi connectivity index (χ1n) is 6.50. The molecule has 1 saturated carbocycles. The lowest BCUT2D eigenvalue weighted by atomic mass is 10.0. The molecule has 1 aromatic rings. The van der Waals surface area contributed by atoms with Gasteiger partial charge >= 0.3 is 0 Å². The number of nitrogens with two attached hydrogens (primary N) is 1. The topological polar surface area (TPSA) is 64.3 Å². The first-order chi connectivity index (χ1) is 9.15. The van der Waals surface area contributed by atoms with Crippen molar-refractivity contribution in [2.45, 2.75) is 25.3 Å². The molecule has 0 aromatic heterocycles. The van der Waals surface area contributed by atoms with Gasteiger partial charge in [0, 0.05) is 10.5 Å². The third-order valence-electron chi connectivity index (χ3n) is 3.69. The van der Waals surface area contributed by atoms with Gasteiger partial charge in [0.05, 0.1) is 12.7 Å². The Kier molecular flexibility index (Phi) is 6.79. The molecule has 1 fully saturated rings. The van der Waals surface area contributed by atoms with Gasteiger partial charge in [-0.1, -0.05) is 22.4 Å². The summed E-state index contributed by atoms with van der Waals surface area (Å²) in [5.74, 6) is 0.884. The molecule has 2 unspecified atom stereocenters. The maximum absolute atomic E-state index is 12.3. The molecule has 3 N–H and O–H groups in total. The summed E-state index contributed by atoms with van der Waals surface area (Å²) >= 11 is 3.37. The highest BCUT2D eigenvalue weighted by molar-refractivity contribution is 9.10. The molecule has 20 heavy (non-hydrogen) atoms. The first-order valence-corrected chi connectivity index (χ1v) is 7.29. The Balaban J connectivity index is 0.00000200. The molecule has 0 bridgehead atoms. The van der Waals surface area contributed by atoms with Crippen molar-refractivity contribution in [1.82, 2.24) is 5.32 Å². The van der Waals surface area contributed by atoms with Crippen LogP contribution in [0.15, 0.2) is 22.7 Å². The number of rotatable bonds is 4. The van der Waals surface area contributed by atoms with E-state index in [4.69, 9.17) is 10.5 Å². The molecule has 0 heterocycles. The average molecular weight is 364 g/mol. The first kappa shape index (κ1) is 17.3. The predicted molar refractivity (Wildman–Crippen MR) is 85.6 cm³/mol. The minimum absolute atomic E-state index is 0. The van der Waals surface area contributed by atoms with Crippen LogP contribution in [-0.4, -0.2) is 25.6 Å². The van der Waals surface area contributed by atoms with Crippen molar-refractivity contribution in [3.8, 4) is 5.75 Å². The van der Waals surface area contributed by atoms with Gasteiger partial charge in [-0.25, -0.2) is 0 Å². The second kappa shape index (κ2) is 7.86. The zero-order chi connectivity index (χ0) is 13.8. The number of hydrogen-bond donors (Lipinski definition) is 2. The summed E-state index contributed by atoms with van der Waals surface area (Å²) in [6.45, 7) is 0.627. The monoisotopic (exact) mass is 362 g/mol. The van der Waals surface area contributed by atoms with Gasteiger partial charge in [0.25, 0.3) is 5.91 Å². The van der Waals surface area contributed by atoms with Gasteiger partial charge in [0.15, 0.2) is 0 Å². The van der Waals surface area contributed by atoms with E-state index < -0.39 is 0 Å². The lowest BCUT2D eigenvalue weighted by Gasteiger charge is -2.20. The van der Waals surface area contributed by atoms with Crippen LogP contribution in [0.1, 0.15) is 29.6 Å². The highest BCUT2D eigenvalue weighted by Crippen LogP contribution is 2.27. The van der Waals surface area contributed by atoms with Crippen LogP contribution in [0, 0.1) is 5.92 Å². The van der Waals surface area contributed by atoms with Gasteiger partial charge in [0.2, 0.25) is 0 Å². The minimum Gasteiger partial charge on any atom is -0.496 e. The van der Waals surface area contributed by atoms with E-state index in [1.165, 1.54) is 0 Å². The van der Waals surface area contributed by atoms with Crippen LogP contribution in [0.2, 0.25) is 0 Å². The van der Waals surface area contributed by atoms with Gasteiger partial charge in [-0.15, -0.1) is 12.4 Å². The van der Waals surface area contributed by atoms with Crippen LogP contribution >= 0.6 is 28.3 Å². The molecule has 0 spiro atoms. The Morgan fingerprint density at radius 3 is 2.90 bits per heavy atom. The standard InChI is InChI=1S/C14H19BrN2O2.ClH/c1-19-13-7-10(15)5-6-11(13)14(18)17-12-4-2-3-9(12)8-16;/h5-7,9,12H,2-4,8,16H2,1H3,(H,17,18);1H.